The lowest BCUT2D eigenvalue weighted by molar-refractivity contribution is -0.137. The molecule has 0 aliphatic heterocycles. The van der Waals surface area contributed by atoms with Crippen molar-refractivity contribution in [2.45, 2.75) is 83.3 Å². The zero-order valence-electron chi connectivity index (χ0n) is 16.6. The van der Waals surface area contributed by atoms with Crippen LogP contribution in [0.2, 0.25) is 0 Å². The Kier molecular flexibility index (Phi) is 9.29. The Morgan fingerprint density at radius 2 is 1.89 bits per heavy atom. The Balaban J connectivity index is 1.71. The van der Waals surface area contributed by atoms with E-state index >= 15 is 0 Å². The summed E-state index contributed by atoms with van der Waals surface area (Å²) in [5.74, 6) is 0.547. The third kappa shape index (κ3) is 8.02. The number of carboxylic acids is 1. The fraction of sp³-hybridized carbons (Fsp3) is 0.696. The molecular weight excluding hydrogens is 340 g/mol. The molecule has 0 heterocycles. The first-order valence-corrected chi connectivity index (χ1v) is 10.6. The molecule has 3 N–H and O–H groups in total. The van der Waals surface area contributed by atoms with E-state index < -0.39 is 5.97 Å². The van der Waals surface area contributed by atoms with E-state index in [4.69, 9.17) is 5.11 Å². The van der Waals surface area contributed by atoms with Gasteiger partial charge in [0.25, 0.3) is 0 Å². The zero-order chi connectivity index (χ0) is 19.6. The van der Waals surface area contributed by atoms with Crippen molar-refractivity contribution in [1.82, 2.24) is 0 Å². The largest absolute Gasteiger partial charge is 0.481 e. The van der Waals surface area contributed by atoms with Gasteiger partial charge in [0, 0.05) is 6.42 Å². The smallest absolute Gasteiger partial charge is 0.303 e. The van der Waals surface area contributed by atoms with Crippen molar-refractivity contribution in [3.8, 4) is 0 Å². The summed E-state index contributed by atoms with van der Waals surface area (Å²) < 4.78 is 0. The predicted molar refractivity (Wildman–Crippen MR) is 107 cm³/mol. The van der Waals surface area contributed by atoms with Crippen molar-refractivity contribution in [3.05, 3.63) is 35.9 Å². The second-order valence-corrected chi connectivity index (χ2v) is 8.45. The second-order valence-electron chi connectivity index (χ2n) is 8.45. The summed E-state index contributed by atoms with van der Waals surface area (Å²) in [7, 11) is 0. The Morgan fingerprint density at radius 3 is 2.59 bits per heavy atom. The fourth-order valence-electron chi connectivity index (χ4n) is 4.59. The molecule has 2 rings (SSSR count). The van der Waals surface area contributed by atoms with E-state index in [9.17, 15) is 15.0 Å². The number of hydrogen-bond donors (Lipinski definition) is 3. The third-order valence-electron chi connectivity index (χ3n) is 6.17. The van der Waals surface area contributed by atoms with Crippen LogP contribution in [0.5, 0.6) is 0 Å². The lowest BCUT2D eigenvalue weighted by Crippen LogP contribution is -2.23. The van der Waals surface area contributed by atoms with Gasteiger partial charge >= 0.3 is 5.97 Å². The Bertz CT molecular complexity index is 545. The van der Waals surface area contributed by atoms with Crippen molar-refractivity contribution >= 4 is 5.97 Å². The van der Waals surface area contributed by atoms with Crippen LogP contribution in [0.3, 0.4) is 0 Å². The standard InChI is InChI=1S/C23H36O4/c1-17(6-5-9-23(26)27)16-19-11-15-22(25)21(19)14-13-20(24)12-10-18-7-3-2-4-8-18/h2-4,7-8,17,19-22,24-25H,5-6,9-16H2,1H3,(H,26,27)/t17?,19-,20+,21-,22-/m1/s1. The number of rotatable bonds is 12. The highest BCUT2D eigenvalue weighted by Crippen LogP contribution is 2.40. The van der Waals surface area contributed by atoms with Crippen LogP contribution in [0.4, 0.5) is 0 Å². The molecule has 152 valence electrons. The van der Waals surface area contributed by atoms with Gasteiger partial charge in [0.1, 0.15) is 0 Å². The van der Waals surface area contributed by atoms with Gasteiger partial charge in [-0.25, -0.2) is 0 Å². The van der Waals surface area contributed by atoms with Gasteiger partial charge in [0.05, 0.1) is 12.2 Å². The molecule has 1 aliphatic rings. The number of aliphatic hydroxyl groups is 2. The summed E-state index contributed by atoms with van der Waals surface area (Å²) in [6.07, 6.45) is 7.60. The van der Waals surface area contributed by atoms with Gasteiger partial charge in [0.15, 0.2) is 0 Å². The van der Waals surface area contributed by atoms with Gasteiger partial charge in [-0.05, 0) is 74.7 Å². The van der Waals surface area contributed by atoms with Gasteiger partial charge in [0.2, 0.25) is 0 Å². The molecule has 27 heavy (non-hydrogen) atoms. The summed E-state index contributed by atoms with van der Waals surface area (Å²) in [5, 5.41) is 29.5. The van der Waals surface area contributed by atoms with Crippen LogP contribution >= 0.6 is 0 Å². The molecule has 4 nitrogen and oxygen atoms in total. The van der Waals surface area contributed by atoms with Crippen LogP contribution in [0.15, 0.2) is 30.3 Å². The van der Waals surface area contributed by atoms with Crippen molar-refractivity contribution in [1.29, 1.82) is 0 Å². The van der Waals surface area contributed by atoms with Crippen LogP contribution in [-0.4, -0.2) is 33.5 Å². The van der Waals surface area contributed by atoms with Crippen molar-refractivity contribution < 1.29 is 20.1 Å². The van der Waals surface area contributed by atoms with Crippen LogP contribution < -0.4 is 0 Å². The Labute approximate surface area is 163 Å². The van der Waals surface area contributed by atoms with Gasteiger partial charge < -0.3 is 15.3 Å². The molecule has 5 atom stereocenters. The number of aliphatic hydroxyl groups excluding tert-OH is 2. The van der Waals surface area contributed by atoms with Gasteiger partial charge in [-0.1, -0.05) is 43.7 Å². The van der Waals surface area contributed by atoms with E-state index in [0.29, 0.717) is 11.8 Å². The van der Waals surface area contributed by atoms with E-state index in [2.05, 4.69) is 19.1 Å². The van der Waals surface area contributed by atoms with Gasteiger partial charge in [-0.3, -0.25) is 4.79 Å². The molecule has 4 heteroatoms. The zero-order valence-corrected chi connectivity index (χ0v) is 16.6. The Hall–Kier alpha value is -1.39. The topological polar surface area (TPSA) is 77.8 Å². The highest BCUT2D eigenvalue weighted by molar-refractivity contribution is 5.66. The minimum atomic E-state index is -0.721. The van der Waals surface area contributed by atoms with E-state index in [1.54, 1.807) is 0 Å². The Morgan fingerprint density at radius 1 is 1.15 bits per heavy atom. The maximum absolute atomic E-state index is 10.7. The average Bonchev–Trinajstić information content (AvgIpc) is 2.98. The number of aliphatic carboxylic acids is 1. The van der Waals surface area contributed by atoms with Crippen molar-refractivity contribution in [3.63, 3.8) is 0 Å². The first kappa shape index (κ1) is 21.9. The van der Waals surface area contributed by atoms with E-state index in [1.807, 2.05) is 18.2 Å². The SMILES string of the molecule is CC(CCCC(=O)O)C[C@H]1CC[C@@H](O)[C@@H]1CC[C@@H](O)CCc1ccccc1. The summed E-state index contributed by atoms with van der Waals surface area (Å²) in [4.78, 5) is 10.7. The number of aryl methyl sites for hydroxylation is 1. The van der Waals surface area contributed by atoms with Crippen LogP contribution in [-0.2, 0) is 11.2 Å². The van der Waals surface area contributed by atoms with Crippen LogP contribution in [0.1, 0.15) is 70.3 Å². The molecule has 0 spiro atoms. The number of hydrogen-bond acceptors (Lipinski definition) is 3. The molecular formula is C23H36O4. The number of benzene rings is 1. The number of carbonyl (C=O) groups is 1. The molecule has 1 aliphatic carbocycles. The molecule has 0 radical (unpaired) electrons. The molecule has 1 saturated carbocycles. The second kappa shape index (κ2) is 11.5. The summed E-state index contributed by atoms with van der Waals surface area (Å²) in [6, 6.07) is 10.2. The minimum absolute atomic E-state index is 0.245. The highest BCUT2D eigenvalue weighted by atomic mass is 16.4. The molecule has 1 fully saturated rings. The van der Waals surface area contributed by atoms with Crippen LogP contribution in [0.25, 0.3) is 0 Å². The fourth-order valence-corrected chi connectivity index (χ4v) is 4.59. The first-order valence-electron chi connectivity index (χ1n) is 10.6. The van der Waals surface area contributed by atoms with Crippen molar-refractivity contribution in [2.24, 2.45) is 17.8 Å². The molecule has 0 bridgehead atoms. The van der Waals surface area contributed by atoms with Crippen molar-refractivity contribution in [2.75, 3.05) is 0 Å². The minimum Gasteiger partial charge on any atom is -0.481 e. The van der Waals surface area contributed by atoms with E-state index in [-0.39, 0.29) is 24.5 Å². The normalized spacial score (nSPS) is 24.6. The summed E-state index contributed by atoms with van der Waals surface area (Å²) >= 11 is 0. The summed E-state index contributed by atoms with van der Waals surface area (Å²) in [5.41, 5.74) is 1.26. The first-order chi connectivity index (χ1) is 13.0. The third-order valence-corrected chi connectivity index (χ3v) is 6.17. The monoisotopic (exact) mass is 376 g/mol. The van der Waals surface area contributed by atoms with Gasteiger partial charge in [-0.15, -0.1) is 0 Å². The van der Waals surface area contributed by atoms with Crippen LogP contribution in [0, 0.1) is 17.8 Å². The predicted octanol–water partition coefficient (Wildman–Crippen LogP) is 4.43. The molecule has 1 aromatic carbocycles. The quantitative estimate of drug-likeness (QED) is 0.504. The average molecular weight is 377 g/mol. The maximum Gasteiger partial charge on any atom is 0.303 e. The lowest BCUT2D eigenvalue weighted by atomic mass is 9.82. The number of carboxylic acid groups (broad SMARTS) is 1. The maximum atomic E-state index is 10.7. The molecule has 1 aromatic rings. The van der Waals surface area contributed by atoms with Gasteiger partial charge in [-0.2, -0.15) is 0 Å². The highest BCUT2D eigenvalue weighted by Gasteiger charge is 2.35. The lowest BCUT2D eigenvalue weighted by Gasteiger charge is -2.25. The molecule has 1 unspecified atom stereocenters. The molecule has 0 aromatic heterocycles. The van der Waals surface area contributed by atoms with E-state index in [1.165, 1.54) is 5.56 Å². The summed E-state index contributed by atoms with van der Waals surface area (Å²) in [6.45, 7) is 2.19. The van der Waals surface area contributed by atoms with E-state index in [0.717, 1.165) is 57.8 Å². The molecule has 0 saturated heterocycles. The molecule has 0 amide bonds.